The van der Waals surface area contributed by atoms with Gasteiger partial charge in [-0.05, 0) is 36.8 Å². The first kappa shape index (κ1) is 12.0. The number of ketones is 1. The predicted molar refractivity (Wildman–Crippen MR) is 71.2 cm³/mol. The molecule has 17 heavy (non-hydrogen) atoms. The van der Waals surface area contributed by atoms with Gasteiger partial charge >= 0.3 is 0 Å². The second-order valence-corrected chi connectivity index (χ2v) is 4.79. The van der Waals surface area contributed by atoms with Gasteiger partial charge < -0.3 is 0 Å². The Hall–Kier alpha value is -1.48. The van der Waals surface area contributed by atoms with E-state index in [1.54, 1.807) is 12.4 Å². The molecule has 0 N–H and O–H groups in total. The Bertz CT molecular complexity index is 537. The van der Waals surface area contributed by atoms with Gasteiger partial charge in [0.1, 0.15) is 0 Å². The maximum atomic E-state index is 12.1. The third-order valence-corrected chi connectivity index (χ3v) is 3.23. The molecule has 0 amide bonds. The zero-order valence-corrected chi connectivity index (χ0v) is 11.1. The van der Waals surface area contributed by atoms with E-state index < -0.39 is 0 Å². The molecule has 1 heterocycles. The normalized spacial score (nSPS) is 10.2. The van der Waals surface area contributed by atoms with E-state index in [9.17, 15) is 4.79 Å². The van der Waals surface area contributed by atoms with E-state index in [0.717, 1.165) is 21.2 Å². The first-order valence-electron chi connectivity index (χ1n) is 5.35. The Morgan fingerprint density at radius 3 is 2.65 bits per heavy atom. The number of carbonyl (C=O) groups excluding carboxylic acids is 1. The minimum Gasteiger partial charge on any atom is -0.294 e. The third kappa shape index (κ3) is 3.01. The minimum absolute atomic E-state index is 0.117. The van der Waals surface area contributed by atoms with Crippen molar-refractivity contribution in [2.24, 2.45) is 0 Å². The van der Waals surface area contributed by atoms with Gasteiger partial charge in [0.15, 0.2) is 5.78 Å². The molecule has 0 fully saturated rings. The minimum atomic E-state index is 0.117. The van der Waals surface area contributed by atoms with Crippen molar-refractivity contribution in [2.75, 3.05) is 0 Å². The van der Waals surface area contributed by atoms with Gasteiger partial charge in [-0.25, -0.2) is 0 Å². The summed E-state index contributed by atoms with van der Waals surface area (Å²) in [6.45, 7) is 1.98. The highest BCUT2D eigenvalue weighted by atomic mass is 79.9. The predicted octanol–water partition coefficient (Wildman–Crippen LogP) is 3.58. The molecule has 0 saturated heterocycles. The van der Waals surface area contributed by atoms with Crippen molar-refractivity contribution in [1.82, 2.24) is 4.98 Å². The summed E-state index contributed by atoms with van der Waals surface area (Å²) in [6.07, 6.45) is 3.81. The average molecular weight is 290 g/mol. The molecule has 1 aromatic carbocycles. The van der Waals surface area contributed by atoms with E-state index in [1.807, 2.05) is 37.3 Å². The molecule has 2 rings (SSSR count). The molecule has 0 radical (unpaired) electrons. The summed E-state index contributed by atoms with van der Waals surface area (Å²) in [6, 6.07) is 9.53. The molecule has 2 aromatic rings. The van der Waals surface area contributed by atoms with Crippen LogP contribution in [-0.2, 0) is 6.42 Å². The largest absolute Gasteiger partial charge is 0.294 e. The number of pyridine rings is 1. The van der Waals surface area contributed by atoms with Crippen molar-refractivity contribution in [2.45, 2.75) is 13.3 Å². The Kier molecular flexibility index (Phi) is 3.69. The van der Waals surface area contributed by atoms with Gasteiger partial charge in [-0.15, -0.1) is 0 Å². The lowest BCUT2D eigenvalue weighted by molar-refractivity contribution is 0.0992. The number of benzene rings is 1. The number of Topliss-reactive ketones (excluding diaryl/α,β-unsaturated/α-hetero) is 1. The molecular formula is C14H12BrNO. The van der Waals surface area contributed by atoms with E-state index in [-0.39, 0.29) is 5.78 Å². The number of rotatable bonds is 3. The molecule has 0 atom stereocenters. The number of nitrogens with zero attached hydrogens (tertiary/aromatic N) is 1. The summed E-state index contributed by atoms with van der Waals surface area (Å²) in [4.78, 5) is 16.1. The van der Waals surface area contributed by atoms with Gasteiger partial charge in [-0.2, -0.15) is 0 Å². The summed E-state index contributed by atoms with van der Waals surface area (Å²) in [5.74, 6) is 0.117. The Balaban J connectivity index is 2.23. The first-order valence-corrected chi connectivity index (χ1v) is 6.14. The number of aromatic nitrogens is 1. The fourth-order valence-electron chi connectivity index (χ4n) is 1.63. The Morgan fingerprint density at radius 2 is 1.94 bits per heavy atom. The summed E-state index contributed by atoms with van der Waals surface area (Å²) in [5, 5.41) is 0. The van der Waals surface area contributed by atoms with Crippen LogP contribution in [0, 0.1) is 6.92 Å². The topological polar surface area (TPSA) is 30.0 Å². The van der Waals surface area contributed by atoms with E-state index in [2.05, 4.69) is 20.9 Å². The van der Waals surface area contributed by atoms with Crippen LogP contribution >= 0.6 is 15.9 Å². The van der Waals surface area contributed by atoms with Crippen LogP contribution in [0.25, 0.3) is 0 Å². The molecule has 1 aromatic heterocycles. The standard InChI is InChI=1S/C14H12BrNO/c1-10-2-3-13(15)12(8-10)14(17)9-11-4-6-16-7-5-11/h2-8H,9H2,1H3. The van der Waals surface area contributed by atoms with Crippen LogP contribution in [0.15, 0.2) is 47.2 Å². The fourth-order valence-corrected chi connectivity index (χ4v) is 2.10. The van der Waals surface area contributed by atoms with Crippen LogP contribution in [-0.4, -0.2) is 10.8 Å². The number of halogens is 1. The van der Waals surface area contributed by atoms with Crippen molar-refractivity contribution in [3.8, 4) is 0 Å². The van der Waals surface area contributed by atoms with Crippen LogP contribution in [0.2, 0.25) is 0 Å². The lowest BCUT2D eigenvalue weighted by atomic mass is 10.0. The maximum absolute atomic E-state index is 12.1. The van der Waals surface area contributed by atoms with Gasteiger partial charge in [-0.1, -0.05) is 27.6 Å². The van der Waals surface area contributed by atoms with E-state index in [0.29, 0.717) is 6.42 Å². The second-order valence-electron chi connectivity index (χ2n) is 3.94. The summed E-state index contributed by atoms with van der Waals surface area (Å²) >= 11 is 3.41. The summed E-state index contributed by atoms with van der Waals surface area (Å²) < 4.78 is 0.849. The molecule has 86 valence electrons. The van der Waals surface area contributed by atoms with Gasteiger partial charge in [0.05, 0.1) is 0 Å². The van der Waals surface area contributed by atoms with Crippen molar-refractivity contribution in [1.29, 1.82) is 0 Å². The van der Waals surface area contributed by atoms with E-state index in [4.69, 9.17) is 0 Å². The first-order chi connectivity index (χ1) is 8.16. The molecule has 0 aliphatic heterocycles. The van der Waals surface area contributed by atoms with Crippen LogP contribution in [0.5, 0.6) is 0 Å². The van der Waals surface area contributed by atoms with Crippen LogP contribution in [0.3, 0.4) is 0 Å². The molecule has 0 aliphatic rings. The molecule has 3 heteroatoms. The molecule has 0 bridgehead atoms. The molecular weight excluding hydrogens is 278 g/mol. The van der Waals surface area contributed by atoms with Gasteiger partial charge in [0, 0.05) is 28.9 Å². The van der Waals surface area contributed by atoms with Crippen molar-refractivity contribution >= 4 is 21.7 Å². The fraction of sp³-hybridized carbons (Fsp3) is 0.143. The lowest BCUT2D eigenvalue weighted by Crippen LogP contribution is -2.04. The van der Waals surface area contributed by atoms with Gasteiger partial charge in [-0.3, -0.25) is 9.78 Å². The number of hydrogen-bond donors (Lipinski definition) is 0. The zero-order valence-electron chi connectivity index (χ0n) is 9.48. The Morgan fingerprint density at radius 1 is 1.24 bits per heavy atom. The summed E-state index contributed by atoms with van der Waals surface area (Å²) in [7, 11) is 0. The lowest BCUT2D eigenvalue weighted by Gasteiger charge is -2.05. The smallest absolute Gasteiger partial charge is 0.168 e. The molecule has 0 spiro atoms. The van der Waals surface area contributed by atoms with Crippen molar-refractivity contribution < 1.29 is 4.79 Å². The van der Waals surface area contributed by atoms with Gasteiger partial charge in [0.2, 0.25) is 0 Å². The maximum Gasteiger partial charge on any atom is 0.168 e. The molecule has 2 nitrogen and oxygen atoms in total. The summed E-state index contributed by atoms with van der Waals surface area (Å²) in [5.41, 5.74) is 2.81. The van der Waals surface area contributed by atoms with Crippen LogP contribution in [0.4, 0.5) is 0 Å². The SMILES string of the molecule is Cc1ccc(Br)c(C(=O)Cc2ccncc2)c1. The highest BCUT2D eigenvalue weighted by molar-refractivity contribution is 9.10. The number of aryl methyl sites for hydroxylation is 1. The number of carbonyl (C=O) groups is 1. The highest BCUT2D eigenvalue weighted by Crippen LogP contribution is 2.20. The third-order valence-electron chi connectivity index (χ3n) is 2.54. The zero-order chi connectivity index (χ0) is 12.3. The van der Waals surface area contributed by atoms with Crippen LogP contribution < -0.4 is 0 Å². The van der Waals surface area contributed by atoms with Crippen molar-refractivity contribution in [3.63, 3.8) is 0 Å². The van der Waals surface area contributed by atoms with E-state index in [1.165, 1.54) is 0 Å². The van der Waals surface area contributed by atoms with Crippen LogP contribution in [0.1, 0.15) is 21.5 Å². The second kappa shape index (κ2) is 5.23. The van der Waals surface area contributed by atoms with Gasteiger partial charge in [0.25, 0.3) is 0 Å². The monoisotopic (exact) mass is 289 g/mol. The average Bonchev–Trinajstić information content (AvgIpc) is 2.33. The highest BCUT2D eigenvalue weighted by Gasteiger charge is 2.10. The quantitative estimate of drug-likeness (QED) is 0.809. The Labute approximate surface area is 109 Å². The van der Waals surface area contributed by atoms with Crippen molar-refractivity contribution in [3.05, 3.63) is 63.9 Å². The van der Waals surface area contributed by atoms with E-state index >= 15 is 0 Å². The number of hydrogen-bond acceptors (Lipinski definition) is 2. The molecule has 0 saturated carbocycles. The molecule has 0 aliphatic carbocycles. The molecule has 0 unspecified atom stereocenters.